The van der Waals surface area contributed by atoms with Crippen molar-refractivity contribution in [3.8, 4) is 5.88 Å². The molecule has 1 rings (SSSR count). The van der Waals surface area contributed by atoms with Crippen molar-refractivity contribution < 1.29 is 9.47 Å². The predicted molar refractivity (Wildman–Crippen MR) is 65.8 cm³/mol. The molecule has 0 radical (unpaired) electrons. The summed E-state index contributed by atoms with van der Waals surface area (Å²) in [6, 6.07) is 0. The van der Waals surface area contributed by atoms with Crippen molar-refractivity contribution in [2.75, 3.05) is 18.6 Å². The van der Waals surface area contributed by atoms with Gasteiger partial charge in [-0.2, -0.15) is 0 Å². The predicted octanol–water partition coefficient (Wildman–Crippen LogP) is 1.13. The molecule has 0 amide bonds. The highest BCUT2D eigenvalue weighted by atomic mass is 16.5. The number of hydrogen-bond acceptors (Lipinski definition) is 6. The molecule has 1 aromatic heterocycles. The smallest absolute Gasteiger partial charge is 0.222 e. The van der Waals surface area contributed by atoms with Gasteiger partial charge in [0.2, 0.25) is 5.88 Å². The average Bonchev–Trinajstić information content (AvgIpc) is 2.35. The van der Waals surface area contributed by atoms with Gasteiger partial charge >= 0.3 is 0 Å². The van der Waals surface area contributed by atoms with Gasteiger partial charge in [-0.1, -0.05) is 6.92 Å². The molecule has 3 N–H and O–H groups in total. The maximum absolute atomic E-state index is 5.71. The fourth-order valence-electron chi connectivity index (χ4n) is 1.45. The lowest BCUT2D eigenvalue weighted by atomic mass is 10.2. The van der Waals surface area contributed by atoms with Gasteiger partial charge < -0.3 is 14.9 Å². The van der Waals surface area contributed by atoms with Gasteiger partial charge in [0.15, 0.2) is 0 Å². The Hall–Kier alpha value is -1.40. The summed E-state index contributed by atoms with van der Waals surface area (Å²) in [7, 11) is 0. The first-order valence-corrected chi connectivity index (χ1v) is 5.77. The van der Waals surface area contributed by atoms with Crippen LogP contribution >= 0.6 is 0 Å². The largest absolute Gasteiger partial charge is 0.472 e. The number of nitrogens with zero attached hydrogens (tertiary/aromatic N) is 2. The van der Waals surface area contributed by atoms with Crippen LogP contribution < -0.4 is 16.0 Å². The summed E-state index contributed by atoms with van der Waals surface area (Å²) in [5.41, 5.74) is 3.41. The summed E-state index contributed by atoms with van der Waals surface area (Å²) in [4.78, 5) is 8.16. The van der Waals surface area contributed by atoms with Gasteiger partial charge in [-0.05, 0) is 20.3 Å². The summed E-state index contributed by atoms with van der Waals surface area (Å²) < 4.78 is 11.0. The molecule has 17 heavy (non-hydrogen) atoms. The van der Waals surface area contributed by atoms with Crippen LogP contribution in [0.4, 0.5) is 5.82 Å². The molecule has 1 atom stereocenters. The maximum Gasteiger partial charge on any atom is 0.222 e. The number of anilines is 1. The zero-order chi connectivity index (χ0) is 12.7. The Labute approximate surface area is 102 Å². The van der Waals surface area contributed by atoms with Crippen LogP contribution in [0.15, 0.2) is 6.33 Å². The zero-order valence-corrected chi connectivity index (χ0v) is 10.6. The van der Waals surface area contributed by atoms with Crippen molar-refractivity contribution in [1.82, 2.24) is 9.97 Å². The second kappa shape index (κ2) is 7.03. The van der Waals surface area contributed by atoms with E-state index in [2.05, 4.69) is 15.4 Å². The van der Waals surface area contributed by atoms with Gasteiger partial charge in [-0.3, -0.25) is 0 Å². The molecule has 6 nitrogen and oxygen atoms in total. The minimum absolute atomic E-state index is 0.0548. The second-order valence-corrected chi connectivity index (χ2v) is 3.59. The Balaban J connectivity index is 2.75. The summed E-state index contributed by atoms with van der Waals surface area (Å²) in [5, 5.41) is 0. The van der Waals surface area contributed by atoms with Gasteiger partial charge in [-0.15, -0.1) is 0 Å². The van der Waals surface area contributed by atoms with E-state index >= 15 is 0 Å². The van der Waals surface area contributed by atoms with Crippen molar-refractivity contribution >= 4 is 5.82 Å². The molecule has 0 saturated carbocycles. The van der Waals surface area contributed by atoms with Crippen LogP contribution in [-0.2, 0) is 11.2 Å². The third-order valence-electron chi connectivity index (χ3n) is 2.27. The fraction of sp³-hybridized carbons (Fsp3) is 0.636. The van der Waals surface area contributed by atoms with Gasteiger partial charge in [0.25, 0.3) is 0 Å². The molecule has 0 aliphatic heterocycles. The number of rotatable bonds is 7. The van der Waals surface area contributed by atoms with E-state index in [9.17, 15) is 0 Å². The Morgan fingerprint density at radius 1 is 1.41 bits per heavy atom. The third-order valence-corrected chi connectivity index (χ3v) is 2.27. The molecule has 0 fully saturated rings. The average molecular weight is 240 g/mol. The van der Waals surface area contributed by atoms with Crippen molar-refractivity contribution in [2.45, 2.75) is 33.3 Å². The lowest BCUT2D eigenvalue weighted by molar-refractivity contribution is 0.0628. The van der Waals surface area contributed by atoms with Crippen molar-refractivity contribution in [3.63, 3.8) is 0 Å². The Kier molecular flexibility index (Phi) is 5.65. The third kappa shape index (κ3) is 3.83. The number of nitrogens with two attached hydrogens (primary N) is 1. The van der Waals surface area contributed by atoms with Gasteiger partial charge in [0.05, 0.1) is 12.2 Å². The van der Waals surface area contributed by atoms with E-state index in [0.717, 1.165) is 12.0 Å². The van der Waals surface area contributed by atoms with Crippen LogP contribution in [0, 0.1) is 0 Å². The number of aromatic nitrogens is 2. The van der Waals surface area contributed by atoms with Crippen LogP contribution in [0.2, 0.25) is 0 Å². The molecule has 0 aliphatic carbocycles. The van der Waals surface area contributed by atoms with Crippen molar-refractivity contribution in [3.05, 3.63) is 11.9 Å². The van der Waals surface area contributed by atoms with E-state index in [0.29, 0.717) is 24.9 Å². The Bertz CT molecular complexity index is 346. The number of nitrogen functional groups attached to an aromatic ring is 1. The second-order valence-electron chi connectivity index (χ2n) is 3.59. The summed E-state index contributed by atoms with van der Waals surface area (Å²) in [5.74, 6) is 6.54. The van der Waals surface area contributed by atoms with Crippen LogP contribution in [-0.4, -0.2) is 29.3 Å². The van der Waals surface area contributed by atoms with Crippen LogP contribution in [0.3, 0.4) is 0 Å². The topological polar surface area (TPSA) is 82.3 Å². The van der Waals surface area contributed by atoms with Gasteiger partial charge in [-0.25, -0.2) is 15.8 Å². The quantitative estimate of drug-likeness (QED) is 0.549. The Morgan fingerprint density at radius 2 is 2.18 bits per heavy atom. The molecular weight excluding hydrogens is 220 g/mol. The summed E-state index contributed by atoms with van der Waals surface area (Å²) in [6.07, 6.45) is 2.12. The molecule has 0 spiro atoms. The molecule has 0 aliphatic rings. The number of hydrazine groups is 1. The minimum Gasteiger partial charge on any atom is -0.472 e. The van der Waals surface area contributed by atoms with E-state index in [-0.39, 0.29) is 6.10 Å². The fourth-order valence-corrected chi connectivity index (χ4v) is 1.45. The monoisotopic (exact) mass is 240 g/mol. The van der Waals surface area contributed by atoms with Gasteiger partial charge in [0, 0.05) is 6.61 Å². The molecule has 96 valence electrons. The first-order chi connectivity index (χ1) is 8.22. The minimum atomic E-state index is -0.0548. The van der Waals surface area contributed by atoms with Crippen LogP contribution in [0.5, 0.6) is 5.88 Å². The molecule has 6 heteroatoms. The highest BCUT2D eigenvalue weighted by molar-refractivity contribution is 5.47. The molecule has 1 aromatic rings. The van der Waals surface area contributed by atoms with Crippen LogP contribution in [0.1, 0.15) is 26.3 Å². The number of ether oxygens (including phenoxy) is 2. The molecule has 0 bridgehead atoms. The van der Waals surface area contributed by atoms with E-state index in [1.165, 1.54) is 6.33 Å². The van der Waals surface area contributed by atoms with Crippen LogP contribution in [0.25, 0.3) is 0 Å². The van der Waals surface area contributed by atoms with E-state index < -0.39 is 0 Å². The summed E-state index contributed by atoms with van der Waals surface area (Å²) in [6.45, 7) is 7.10. The molecular formula is C11H20N4O2. The maximum atomic E-state index is 5.71. The number of nitrogens with one attached hydrogen (secondary N) is 1. The summed E-state index contributed by atoms with van der Waals surface area (Å²) >= 11 is 0. The molecule has 0 saturated heterocycles. The van der Waals surface area contributed by atoms with Crippen molar-refractivity contribution in [1.29, 1.82) is 0 Å². The molecule has 0 aromatic carbocycles. The highest BCUT2D eigenvalue weighted by Crippen LogP contribution is 2.22. The molecule has 1 heterocycles. The van der Waals surface area contributed by atoms with E-state index in [4.69, 9.17) is 15.3 Å². The standard InChI is InChI=1S/C11H20N4O2/c1-4-9-10(15-12)13-7-14-11(9)17-8(3)6-16-5-2/h7-8H,4-6,12H2,1-3H3,(H,13,14,15). The van der Waals surface area contributed by atoms with E-state index in [1.807, 2.05) is 20.8 Å². The van der Waals surface area contributed by atoms with Crippen molar-refractivity contribution in [2.24, 2.45) is 5.84 Å². The number of hydrogen-bond donors (Lipinski definition) is 2. The molecule has 1 unspecified atom stereocenters. The van der Waals surface area contributed by atoms with E-state index in [1.54, 1.807) is 0 Å². The lowest BCUT2D eigenvalue weighted by Crippen LogP contribution is -2.21. The highest BCUT2D eigenvalue weighted by Gasteiger charge is 2.13. The van der Waals surface area contributed by atoms with Gasteiger partial charge in [0.1, 0.15) is 18.2 Å². The first-order valence-electron chi connectivity index (χ1n) is 5.77. The SMILES string of the molecule is CCOCC(C)Oc1ncnc(NN)c1CC. The normalized spacial score (nSPS) is 12.2. The lowest BCUT2D eigenvalue weighted by Gasteiger charge is -2.16. The first kappa shape index (κ1) is 13.7. The zero-order valence-electron chi connectivity index (χ0n) is 10.6. The Morgan fingerprint density at radius 3 is 2.76 bits per heavy atom.